The van der Waals surface area contributed by atoms with E-state index in [4.69, 9.17) is 5.73 Å². The number of hydrogen-bond donors (Lipinski definition) is 1. The van der Waals surface area contributed by atoms with E-state index < -0.39 is 5.54 Å². The van der Waals surface area contributed by atoms with Crippen LogP contribution in [0.4, 0.5) is 0 Å². The van der Waals surface area contributed by atoms with Crippen molar-refractivity contribution in [3.63, 3.8) is 0 Å². The lowest BCUT2D eigenvalue weighted by molar-refractivity contribution is 0.430. The predicted octanol–water partition coefficient (Wildman–Crippen LogP) is 0.197. The molecular formula is C13H17N7. The fourth-order valence-electron chi connectivity index (χ4n) is 2.48. The summed E-state index contributed by atoms with van der Waals surface area (Å²) in [6.45, 7) is 3.52. The highest BCUT2D eigenvalue weighted by molar-refractivity contribution is 5.81. The third-order valence-corrected chi connectivity index (χ3v) is 3.64. The van der Waals surface area contributed by atoms with Gasteiger partial charge in [0.05, 0.1) is 12.7 Å². The molecule has 0 saturated carbocycles. The molecule has 1 aliphatic rings. The van der Waals surface area contributed by atoms with Gasteiger partial charge in [0.2, 0.25) is 0 Å². The van der Waals surface area contributed by atoms with Crippen molar-refractivity contribution in [2.24, 2.45) is 10.7 Å². The first kappa shape index (κ1) is 12.6. The molecule has 1 atom stereocenters. The van der Waals surface area contributed by atoms with Gasteiger partial charge in [0.25, 0.3) is 0 Å². The lowest BCUT2D eigenvalue weighted by atomic mass is 9.87. The van der Waals surface area contributed by atoms with E-state index in [0.717, 1.165) is 17.7 Å². The van der Waals surface area contributed by atoms with Gasteiger partial charge in [-0.2, -0.15) is 5.10 Å². The highest BCUT2D eigenvalue weighted by Gasteiger charge is 2.42. The second kappa shape index (κ2) is 4.59. The van der Waals surface area contributed by atoms with Crippen molar-refractivity contribution in [3.05, 3.63) is 42.2 Å². The molecule has 104 valence electrons. The number of guanidine groups is 1. The number of aliphatic imine (C=N–C) groups is 1. The molecular weight excluding hydrogens is 254 g/mol. The lowest BCUT2D eigenvalue weighted by Crippen LogP contribution is -2.34. The number of nitrogens with two attached hydrogens (primary N) is 1. The molecule has 0 spiro atoms. The van der Waals surface area contributed by atoms with Gasteiger partial charge in [0, 0.05) is 43.3 Å². The quantitative estimate of drug-likeness (QED) is 0.861. The van der Waals surface area contributed by atoms with Crippen LogP contribution in [0.5, 0.6) is 0 Å². The number of hydrogen-bond acceptors (Lipinski definition) is 6. The van der Waals surface area contributed by atoms with Crippen LogP contribution in [0.15, 0.2) is 36.1 Å². The van der Waals surface area contributed by atoms with Gasteiger partial charge in [-0.15, -0.1) is 0 Å². The molecule has 7 heteroatoms. The van der Waals surface area contributed by atoms with E-state index in [1.54, 1.807) is 12.4 Å². The summed E-state index contributed by atoms with van der Waals surface area (Å²) in [6.07, 6.45) is 8.92. The first-order chi connectivity index (χ1) is 9.65. The summed E-state index contributed by atoms with van der Waals surface area (Å²) in [6, 6.07) is 0. The number of rotatable bonds is 3. The van der Waals surface area contributed by atoms with Crippen molar-refractivity contribution in [1.29, 1.82) is 0 Å². The van der Waals surface area contributed by atoms with Gasteiger partial charge in [-0.05, 0) is 6.92 Å². The Bertz CT molecular complexity index is 633. The fraction of sp³-hybridized carbons (Fsp3) is 0.385. The molecule has 7 nitrogen and oxygen atoms in total. The van der Waals surface area contributed by atoms with Crippen LogP contribution >= 0.6 is 0 Å². The highest BCUT2D eigenvalue weighted by atomic mass is 15.3. The van der Waals surface area contributed by atoms with Gasteiger partial charge >= 0.3 is 0 Å². The molecule has 0 amide bonds. The van der Waals surface area contributed by atoms with Crippen LogP contribution in [-0.2, 0) is 12.1 Å². The third-order valence-electron chi connectivity index (χ3n) is 3.64. The summed E-state index contributed by atoms with van der Waals surface area (Å²) in [5.41, 5.74) is 7.32. The SMILES string of the molecule is CCn1cc(C2(c3cncnc3)CN(C)C(N)=N2)cn1. The van der Waals surface area contributed by atoms with E-state index in [0.29, 0.717) is 12.5 Å². The smallest absolute Gasteiger partial charge is 0.192 e. The molecule has 0 bridgehead atoms. The van der Waals surface area contributed by atoms with E-state index >= 15 is 0 Å². The molecule has 0 saturated heterocycles. The van der Waals surface area contributed by atoms with Crippen LogP contribution in [0.1, 0.15) is 18.1 Å². The van der Waals surface area contributed by atoms with Gasteiger partial charge in [-0.3, -0.25) is 4.68 Å². The van der Waals surface area contributed by atoms with Crippen molar-refractivity contribution in [2.45, 2.75) is 19.0 Å². The van der Waals surface area contributed by atoms with Gasteiger partial charge in [-0.25, -0.2) is 15.0 Å². The minimum atomic E-state index is -0.576. The van der Waals surface area contributed by atoms with Crippen LogP contribution in [-0.4, -0.2) is 44.2 Å². The number of nitrogens with zero attached hydrogens (tertiary/aromatic N) is 6. The van der Waals surface area contributed by atoms with Crippen molar-refractivity contribution < 1.29 is 0 Å². The van der Waals surface area contributed by atoms with Gasteiger partial charge in [0.15, 0.2) is 5.96 Å². The van der Waals surface area contributed by atoms with Crippen LogP contribution < -0.4 is 5.73 Å². The Hall–Kier alpha value is -2.44. The molecule has 2 aromatic rings. The molecule has 1 unspecified atom stereocenters. The van der Waals surface area contributed by atoms with Crippen LogP contribution in [0.3, 0.4) is 0 Å². The van der Waals surface area contributed by atoms with Crippen LogP contribution in [0.25, 0.3) is 0 Å². The zero-order valence-corrected chi connectivity index (χ0v) is 11.6. The van der Waals surface area contributed by atoms with E-state index in [2.05, 4.69) is 20.1 Å². The van der Waals surface area contributed by atoms with Gasteiger partial charge in [-0.1, -0.05) is 0 Å². The molecule has 2 N–H and O–H groups in total. The van der Waals surface area contributed by atoms with Crippen molar-refractivity contribution in [3.8, 4) is 0 Å². The van der Waals surface area contributed by atoms with Gasteiger partial charge < -0.3 is 10.6 Å². The van der Waals surface area contributed by atoms with Crippen LogP contribution in [0.2, 0.25) is 0 Å². The minimum absolute atomic E-state index is 0.512. The summed E-state index contributed by atoms with van der Waals surface area (Å²) in [5.74, 6) is 0.512. The second-order valence-corrected chi connectivity index (χ2v) is 4.90. The summed E-state index contributed by atoms with van der Waals surface area (Å²) in [5, 5.41) is 4.35. The van der Waals surface area contributed by atoms with E-state index in [-0.39, 0.29) is 0 Å². The summed E-state index contributed by atoms with van der Waals surface area (Å²) in [4.78, 5) is 14.8. The Morgan fingerprint density at radius 2 is 2.00 bits per heavy atom. The monoisotopic (exact) mass is 271 g/mol. The molecule has 2 aromatic heterocycles. The maximum absolute atomic E-state index is 5.98. The number of likely N-dealkylation sites (N-methyl/N-ethyl adjacent to an activating group) is 1. The van der Waals surface area contributed by atoms with E-state index in [9.17, 15) is 0 Å². The number of aromatic nitrogens is 4. The summed E-state index contributed by atoms with van der Waals surface area (Å²) >= 11 is 0. The molecule has 0 radical (unpaired) electrons. The third kappa shape index (κ3) is 1.82. The second-order valence-electron chi connectivity index (χ2n) is 4.90. The van der Waals surface area contributed by atoms with E-state index in [1.165, 1.54) is 6.33 Å². The maximum Gasteiger partial charge on any atom is 0.192 e. The molecule has 0 aliphatic carbocycles. The summed E-state index contributed by atoms with van der Waals surface area (Å²) < 4.78 is 1.88. The highest BCUT2D eigenvalue weighted by Crippen LogP contribution is 2.37. The average Bonchev–Trinajstić information content (AvgIpc) is 3.06. The molecule has 0 aromatic carbocycles. The Morgan fingerprint density at radius 1 is 1.25 bits per heavy atom. The minimum Gasteiger partial charge on any atom is -0.370 e. The normalized spacial score (nSPS) is 22.1. The topological polar surface area (TPSA) is 85.2 Å². The van der Waals surface area contributed by atoms with Gasteiger partial charge in [0.1, 0.15) is 11.9 Å². The molecule has 1 aliphatic heterocycles. The number of aryl methyl sites for hydroxylation is 1. The fourth-order valence-corrected chi connectivity index (χ4v) is 2.48. The Labute approximate surface area is 117 Å². The van der Waals surface area contributed by atoms with E-state index in [1.807, 2.05) is 35.9 Å². The molecule has 0 fully saturated rings. The first-order valence-electron chi connectivity index (χ1n) is 6.50. The summed E-state index contributed by atoms with van der Waals surface area (Å²) in [7, 11) is 1.93. The molecule has 3 heterocycles. The average molecular weight is 271 g/mol. The van der Waals surface area contributed by atoms with Crippen molar-refractivity contribution in [1.82, 2.24) is 24.6 Å². The van der Waals surface area contributed by atoms with Crippen molar-refractivity contribution >= 4 is 5.96 Å². The first-order valence-corrected chi connectivity index (χ1v) is 6.50. The maximum atomic E-state index is 5.98. The molecule has 20 heavy (non-hydrogen) atoms. The van der Waals surface area contributed by atoms with Crippen molar-refractivity contribution in [2.75, 3.05) is 13.6 Å². The zero-order valence-electron chi connectivity index (χ0n) is 11.6. The van der Waals surface area contributed by atoms with Crippen LogP contribution in [0, 0.1) is 0 Å². The lowest BCUT2D eigenvalue weighted by Gasteiger charge is -2.25. The Balaban J connectivity index is 2.15. The predicted molar refractivity (Wildman–Crippen MR) is 75.0 cm³/mol. The Morgan fingerprint density at radius 3 is 2.55 bits per heavy atom. The standard InChI is InChI=1S/C13H17N7/c1-3-20-7-11(6-17-20)13(8-19(2)12(14)18-13)10-4-15-9-16-5-10/h4-7,9H,3,8H2,1-2H3,(H2,14,18). The largest absolute Gasteiger partial charge is 0.370 e. The zero-order chi connectivity index (χ0) is 14.2. The Kier molecular flexibility index (Phi) is 2.89. The molecule has 3 rings (SSSR count).